The molecule has 1 aliphatic rings. The van der Waals surface area contributed by atoms with Gasteiger partial charge >= 0.3 is 0 Å². The SMILES string of the molecule is O=S1(=O)CCC[C@@H]1NC(=S)N/N=C\c1ccc(-c2cc(Cl)ccc2Cl)o1. The first-order chi connectivity index (χ1) is 12.3. The van der Waals surface area contributed by atoms with Crippen molar-refractivity contribution in [3.8, 4) is 11.3 Å². The van der Waals surface area contributed by atoms with Crippen LogP contribution in [0.2, 0.25) is 10.0 Å². The van der Waals surface area contributed by atoms with E-state index in [2.05, 4.69) is 15.8 Å². The molecular formula is C16H15Cl2N3O3S2. The third kappa shape index (κ3) is 4.56. The van der Waals surface area contributed by atoms with Gasteiger partial charge in [-0.1, -0.05) is 23.2 Å². The first kappa shape index (κ1) is 19.2. The lowest BCUT2D eigenvalue weighted by Gasteiger charge is -2.12. The molecule has 2 aromatic rings. The normalized spacial score (nSPS) is 18.9. The minimum Gasteiger partial charge on any atom is -0.455 e. The van der Waals surface area contributed by atoms with Crippen molar-refractivity contribution in [1.29, 1.82) is 0 Å². The highest BCUT2D eigenvalue weighted by atomic mass is 35.5. The monoisotopic (exact) mass is 431 g/mol. The van der Waals surface area contributed by atoms with E-state index in [0.717, 1.165) is 0 Å². The van der Waals surface area contributed by atoms with E-state index >= 15 is 0 Å². The van der Waals surface area contributed by atoms with E-state index < -0.39 is 15.2 Å². The molecule has 1 aliphatic heterocycles. The van der Waals surface area contributed by atoms with Gasteiger partial charge in [0.05, 0.1) is 17.0 Å². The van der Waals surface area contributed by atoms with Gasteiger partial charge in [0.15, 0.2) is 14.9 Å². The van der Waals surface area contributed by atoms with Crippen molar-refractivity contribution in [2.75, 3.05) is 5.75 Å². The first-order valence-electron chi connectivity index (χ1n) is 7.71. The second-order valence-electron chi connectivity index (χ2n) is 5.67. The number of sulfone groups is 1. The summed E-state index contributed by atoms with van der Waals surface area (Å²) in [5.41, 5.74) is 3.26. The molecule has 1 saturated heterocycles. The zero-order chi connectivity index (χ0) is 18.7. The number of thiocarbonyl (C=S) groups is 1. The minimum atomic E-state index is -3.13. The van der Waals surface area contributed by atoms with Gasteiger partial charge in [0, 0.05) is 10.6 Å². The van der Waals surface area contributed by atoms with Gasteiger partial charge in [-0.25, -0.2) is 8.42 Å². The van der Waals surface area contributed by atoms with E-state index in [-0.39, 0.29) is 10.9 Å². The summed E-state index contributed by atoms with van der Waals surface area (Å²) in [4.78, 5) is 0. The highest BCUT2D eigenvalue weighted by Gasteiger charge is 2.31. The Morgan fingerprint density at radius 2 is 2.12 bits per heavy atom. The molecule has 0 spiro atoms. The van der Waals surface area contributed by atoms with Gasteiger partial charge in [-0.3, -0.25) is 5.43 Å². The molecule has 2 N–H and O–H groups in total. The van der Waals surface area contributed by atoms with Crippen LogP contribution in [0.15, 0.2) is 39.9 Å². The van der Waals surface area contributed by atoms with Crippen molar-refractivity contribution in [2.45, 2.75) is 18.2 Å². The lowest BCUT2D eigenvalue weighted by Crippen LogP contribution is -2.42. The van der Waals surface area contributed by atoms with Gasteiger partial charge in [0.1, 0.15) is 16.9 Å². The lowest BCUT2D eigenvalue weighted by molar-refractivity contribution is 0.574. The molecule has 26 heavy (non-hydrogen) atoms. The Bertz CT molecular complexity index is 957. The van der Waals surface area contributed by atoms with E-state index in [1.807, 2.05) is 0 Å². The molecule has 6 nitrogen and oxygen atoms in total. The summed E-state index contributed by atoms with van der Waals surface area (Å²) in [6.45, 7) is 0. The molecule has 1 atom stereocenters. The highest BCUT2D eigenvalue weighted by molar-refractivity contribution is 7.92. The maximum atomic E-state index is 11.8. The fraction of sp³-hybridized carbons (Fsp3) is 0.250. The molecular weight excluding hydrogens is 417 g/mol. The van der Waals surface area contributed by atoms with Crippen molar-refractivity contribution < 1.29 is 12.8 Å². The molecule has 0 bridgehead atoms. The average molecular weight is 432 g/mol. The number of hydrogen-bond donors (Lipinski definition) is 2. The summed E-state index contributed by atoms with van der Waals surface area (Å²) in [5.74, 6) is 1.20. The van der Waals surface area contributed by atoms with Crippen molar-refractivity contribution >= 4 is 56.6 Å². The van der Waals surface area contributed by atoms with Crippen LogP contribution in [0.25, 0.3) is 11.3 Å². The molecule has 1 aromatic heterocycles. The second kappa shape index (κ2) is 7.96. The molecule has 0 radical (unpaired) electrons. The van der Waals surface area contributed by atoms with Crippen LogP contribution in [-0.2, 0) is 9.84 Å². The molecule has 10 heteroatoms. The zero-order valence-corrected chi connectivity index (χ0v) is 16.6. The summed E-state index contributed by atoms with van der Waals surface area (Å²) in [5, 5.41) is 7.27. The van der Waals surface area contributed by atoms with Gasteiger partial charge in [0.2, 0.25) is 0 Å². The van der Waals surface area contributed by atoms with E-state index in [4.69, 9.17) is 39.8 Å². The summed E-state index contributed by atoms with van der Waals surface area (Å²) >= 11 is 17.2. The van der Waals surface area contributed by atoms with Crippen molar-refractivity contribution in [2.24, 2.45) is 5.10 Å². The Hall–Kier alpha value is -1.61. The molecule has 1 fully saturated rings. The van der Waals surface area contributed by atoms with Gasteiger partial charge in [-0.05, 0) is 55.4 Å². The highest BCUT2D eigenvalue weighted by Crippen LogP contribution is 2.31. The van der Waals surface area contributed by atoms with Crippen LogP contribution in [0.5, 0.6) is 0 Å². The zero-order valence-electron chi connectivity index (χ0n) is 13.4. The number of rotatable bonds is 4. The summed E-state index contributed by atoms with van der Waals surface area (Å²) in [6.07, 6.45) is 2.60. The number of benzene rings is 1. The van der Waals surface area contributed by atoms with Crippen molar-refractivity contribution in [3.63, 3.8) is 0 Å². The van der Waals surface area contributed by atoms with E-state index in [9.17, 15) is 8.42 Å². The quantitative estimate of drug-likeness (QED) is 0.437. The molecule has 138 valence electrons. The van der Waals surface area contributed by atoms with E-state index in [0.29, 0.717) is 40.0 Å². The number of halogens is 2. The molecule has 1 aromatic carbocycles. The number of nitrogens with zero attached hydrogens (tertiary/aromatic N) is 1. The van der Waals surface area contributed by atoms with Crippen molar-refractivity contribution in [3.05, 3.63) is 46.1 Å². The van der Waals surface area contributed by atoms with Crippen LogP contribution in [0.3, 0.4) is 0 Å². The van der Waals surface area contributed by atoms with Gasteiger partial charge in [-0.15, -0.1) is 0 Å². The predicted molar refractivity (Wildman–Crippen MR) is 107 cm³/mol. The Morgan fingerprint density at radius 3 is 2.85 bits per heavy atom. The Morgan fingerprint density at radius 1 is 1.31 bits per heavy atom. The largest absolute Gasteiger partial charge is 0.455 e. The van der Waals surface area contributed by atoms with Crippen LogP contribution in [0.1, 0.15) is 18.6 Å². The number of hydrazone groups is 1. The number of nitrogens with one attached hydrogen (secondary N) is 2. The van der Waals surface area contributed by atoms with Crippen LogP contribution in [0, 0.1) is 0 Å². The standard InChI is InChI=1S/C16H15Cl2N3O3S2/c17-10-3-5-13(18)12(8-10)14-6-4-11(24-14)9-19-21-16(25)20-15-2-1-7-26(15,22)23/h3-6,8-9,15H,1-2,7H2,(H2,20,21,25)/b19-9-/t15-/m1/s1. The molecule has 0 unspecified atom stereocenters. The molecule has 3 rings (SSSR count). The fourth-order valence-corrected chi connectivity index (χ4v) is 4.87. The fourth-order valence-electron chi connectivity index (χ4n) is 2.54. The van der Waals surface area contributed by atoms with Gasteiger partial charge in [0.25, 0.3) is 0 Å². The lowest BCUT2D eigenvalue weighted by atomic mass is 10.2. The summed E-state index contributed by atoms with van der Waals surface area (Å²) in [7, 11) is -3.13. The molecule has 0 saturated carbocycles. The minimum absolute atomic E-state index is 0.140. The van der Waals surface area contributed by atoms with Crippen LogP contribution < -0.4 is 10.7 Å². The smallest absolute Gasteiger partial charge is 0.187 e. The Labute approximate surface area is 166 Å². The van der Waals surface area contributed by atoms with E-state index in [1.165, 1.54) is 6.21 Å². The van der Waals surface area contributed by atoms with Gasteiger partial charge < -0.3 is 9.73 Å². The Kier molecular flexibility index (Phi) is 5.86. The van der Waals surface area contributed by atoms with Crippen LogP contribution >= 0.6 is 35.4 Å². The maximum Gasteiger partial charge on any atom is 0.187 e. The topological polar surface area (TPSA) is 83.7 Å². The van der Waals surface area contributed by atoms with E-state index in [1.54, 1.807) is 30.3 Å². The number of hydrogen-bond acceptors (Lipinski definition) is 5. The molecule has 2 heterocycles. The van der Waals surface area contributed by atoms with Crippen molar-refractivity contribution in [1.82, 2.24) is 10.7 Å². The number of furan rings is 1. The third-order valence-corrected chi connectivity index (χ3v) is 6.65. The Balaban J connectivity index is 1.60. The third-order valence-electron chi connectivity index (χ3n) is 3.80. The predicted octanol–water partition coefficient (Wildman–Crippen LogP) is 3.59. The van der Waals surface area contributed by atoms with Gasteiger partial charge in [-0.2, -0.15) is 5.10 Å². The van der Waals surface area contributed by atoms with Crippen LogP contribution in [-0.4, -0.2) is 30.9 Å². The first-order valence-corrected chi connectivity index (χ1v) is 10.6. The summed E-state index contributed by atoms with van der Waals surface area (Å²) in [6, 6.07) is 8.57. The van der Waals surface area contributed by atoms with Crippen LogP contribution in [0.4, 0.5) is 0 Å². The molecule has 0 aliphatic carbocycles. The average Bonchev–Trinajstić information content (AvgIpc) is 3.17. The maximum absolute atomic E-state index is 11.8. The second-order valence-corrected chi connectivity index (χ2v) is 9.22. The molecule has 0 amide bonds. The summed E-state index contributed by atoms with van der Waals surface area (Å²) < 4.78 is 29.2.